The fraction of sp³-hybridized carbons (Fsp3) is 0.529. The molecule has 0 fully saturated rings. The summed E-state index contributed by atoms with van der Waals surface area (Å²) in [6.07, 6.45) is 2.10. The second-order valence-corrected chi connectivity index (χ2v) is 9.21. The highest BCUT2D eigenvalue weighted by Crippen LogP contribution is 2.43. The summed E-state index contributed by atoms with van der Waals surface area (Å²) in [6, 6.07) is 0. The number of aromatic nitrogens is 2. The minimum atomic E-state index is -0.474. The topological polar surface area (TPSA) is 87.6 Å². The molecule has 2 rings (SSSR count). The van der Waals surface area contributed by atoms with Gasteiger partial charge in [0.1, 0.15) is 15.3 Å². The first-order valence-corrected chi connectivity index (χ1v) is 11.1. The zero-order valence-corrected chi connectivity index (χ0v) is 18.5. The third kappa shape index (κ3) is 5.49. The van der Waals surface area contributed by atoms with E-state index in [0.717, 1.165) is 0 Å². The summed E-state index contributed by atoms with van der Waals surface area (Å²) in [6.45, 7) is 5.78. The van der Waals surface area contributed by atoms with E-state index in [1.54, 1.807) is 0 Å². The summed E-state index contributed by atoms with van der Waals surface area (Å²) in [5.74, 6) is 0.102. The van der Waals surface area contributed by atoms with Gasteiger partial charge in [0.2, 0.25) is 5.88 Å². The first-order valence-electron chi connectivity index (χ1n) is 8.05. The third-order valence-corrected chi connectivity index (χ3v) is 6.04. The van der Waals surface area contributed by atoms with E-state index in [1.807, 2.05) is 27.0 Å². The summed E-state index contributed by atoms with van der Waals surface area (Å²) in [5, 5.41) is 1.23. The first-order chi connectivity index (χ1) is 12.7. The molecular formula is C17H22N2O5S3. The van der Waals surface area contributed by atoms with Crippen LogP contribution in [0, 0.1) is 0 Å². The van der Waals surface area contributed by atoms with E-state index in [4.69, 9.17) is 9.47 Å². The van der Waals surface area contributed by atoms with Gasteiger partial charge in [0.25, 0.3) is 0 Å². The molecule has 7 nitrogen and oxygen atoms in total. The molecule has 2 heterocycles. The van der Waals surface area contributed by atoms with Crippen LogP contribution < -0.4 is 4.74 Å². The quantitative estimate of drug-likeness (QED) is 0.367. The fourth-order valence-electron chi connectivity index (χ4n) is 2.09. The Morgan fingerprint density at radius 1 is 1.15 bits per heavy atom. The molecule has 0 aromatic carbocycles. The molecule has 0 spiro atoms. The maximum Gasteiger partial charge on any atom is 0.349 e. The van der Waals surface area contributed by atoms with E-state index in [1.165, 1.54) is 49.1 Å². The highest BCUT2D eigenvalue weighted by atomic mass is 32.2. The highest BCUT2D eigenvalue weighted by Gasteiger charge is 2.27. The van der Waals surface area contributed by atoms with E-state index in [-0.39, 0.29) is 12.4 Å². The number of thiophene rings is 1. The van der Waals surface area contributed by atoms with Crippen LogP contribution in [-0.4, -0.2) is 53.7 Å². The molecule has 10 heteroatoms. The minimum absolute atomic E-state index is 0.221. The van der Waals surface area contributed by atoms with Gasteiger partial charge in [0.15, 0.2) is 5.16 Å². The molecular weight excluding hydrogens is 408 g/mol. The van der Waals surface area contributed by atoms with Gasteiger partial charge in [-0.25, -0.2) is 9.78 Å². The minimum Gasteiger partial charge on any atom is -0.471 e. The molecule has 0 atom stereocenters. The molecule has 0 saturated heterocycles. The number of methoxy groups -OCH3 is 2. The zero-order chi connectivity index (χ0) is 20.2. The fourth-order valence-corrected chi connectivity index (χ4v) is 4.86. The van der Waals surface area contributed by atoms with Crippen LogP contribution in [-0.2, 0) is 14.3 Å². The summed E-state index contributed by atoms with van der Waals surface area (Å²) >= 11 is 4.00. The van der Waals surface area contributed by atoms with Crippen LogP contribution in [0.25, 0.3) is 10.2 Å². The average molecular weight is 431 g/mol. The Morgan fingerprint density at radius 3 is 2.41 bits per heavy atom. The summed E-state index contributed by atoms with van der Waals surface area (Å²) in [7, 11) is 2.68. The lowest BCUT2D eigenvalue weighted by Crippen LogP contribution is -2.23. The molecule has 0 aliphatic heterocycles. The SMILES string of the molecule is COC(=O)CCSc1c(C(=O)OC)sc2nc(SC)nc(OC(C)(C)C)c12. The van der Waals surface area contributed by atoms with Gasteiger partial charge in [0, 0.05) is 10.6 Å². The predicted octanol–water partition coefficient (Wildman–Crippen LogP) is 4.03. The molecule has 0 bridgehead atoms. The van der Waals surface area contributed by atoms with Gasteiger partial charge >= 0.3 is 11.9 Å². The standard InChI is InChI=1S/C17H22N2O5S3/c1-17(2,3)24-13-10-11(26-8-7-9(20)22-4)12(15(21)23-5)27-14(10)19-16(18-13)25-6/h7-8H2,1-6H3. The second kappa shape index (κ2) is 9.11. The van der Waals surface area contributed by atoms with Crippen LogP contribution in [0.4, 0.5) is 0 Å². The Balaban J connectivity index is 2.59. The maximum absolute atomic E-state index is 12.3. The lowest BCUT2D eigenvalue weighted by Gasteiger charge is -2.21. The molecule has 148 valence electrons. The number of carbonyl (C=O) groups is 2. The van der Waals surface area contributed by atoms with E-state index < -0.39 is 11.6 Å². The smallest absolute Gasteiger partial charge is 0.349 e. The Bertz CT molecular complexity index is 845. The molecule has 2 aromatic heterocycles. The second-order valence-electron chi connectivity index (χ2n) is 6.34. The van der Waals surface area contributed by atoms with Crippen molar-refractivity contribution >= 4 is 57.0 Å². The zero-order valence-electron chi connectivity index (χ0n) is 16.1. The van der Waals surface area contributed by atoms with E-state index in [2.05, 4.69) is 14.7 Å². The van der Waals surface area contributed by atoms with Crippen molar-refractivity contribution in [3.05, 3.63) is 4.88 Å². The monoisotopic (exact) mass is 430 g/mol. The maximum atomic E-state index is 12.3. The van der Waals surface area contributed by atoms with Gasteiger partial charge in [-0.3, -0.25) is 4.79 Å². The van der Waals surface area contributed by atoms with Crippen molar-refractivity contribution in [2.45, 2.75) is 42.8 Å². The number of hydrogen-bond donors (Lipinski definition) is 0. The van der Waals surface area contributed by atoms with Crippen molar-refractivity contribution in [1.82, 2.24) is 9.97 Å². The lowest BCUT2D eigenvalue weighted by molar-refractivity contribution is -0.140. The molecule has 0 saturated carbocycles. The summed E-state index contributed by atoms with van der Waals surface area (Å²) < 4.78 is 15.7. The number of esters is 2. The van der Waals surface area contributed by atoms with Crippen molar-refractivity contribution in [2.75, 3.05) is 26.2 Å². The summed E-state index contributed by atoms with van der Waals surface area (Å²) in [5.41, 5.74) is -0.474. The molecule has 0 radical (unpaired) electrons. The van der Waals surface area contributed by atoms with E-state index >= 15 is 0 Å². The number of rotatable bonds is 7. The Kier molecular flexibility index (Phi) is 7.35. The van der Waals surface area contributed by atoms with Gasteiger partial charge in [-0.15, -0.1) is 23.1 Å². The van der Waals surface area contributed by atoms with Crippen LogP contribution in [0.5, 0.6) is 5.88 Å². The Morgan fingerprint density at radius 2 is 1.85 bits per heavy atom. The number of ether oxygens (including phenoxy) is 3. The first kappa shape index (κ1) is 21.8. The van der Waals surface area contributed by atoms with Gasteiger partial charge in [-0.2, -0.15) is 4.98 Å². The van der Waals surface area contributed by atoms with Gasteiger partial charge < -0.3 is 14.2 Å². The van der Waals surface area contributed by atoms with Gasteiger partial charge in [-0.1, -0.05) is 11.8 Å². The normalized spacial score (nSPS) is 11.5. The molecule has 2 aromatic rings. The van der Waals surface area contributed by atoms with E-state index in [0.29, 0.717) is 36.8 Å². The van der Waals surface area contributed by atoms with Crippen molar-refractivity contribution in [3.63, 3.8) is 0 Å². The number of nitrogens with zero attached hydrogens (tertiary/aromatic N) is 2. The largest absolute Gasteiger partial charge is 0.471 e. The Hall–Kier alpha value is -1.52. The number of carbonyl (C=O) groups excluding carboxylic acids is 2. The molecule has 27 heavy (non-hydrogen) atoms. The van der Waals surface area contributed by atoms with Crippen molar-refractivity contribution < 1.29 is 23.8 Å². The highest BCUT2D eigenvalue weighted by molar-refractivity contribution is 7.99. The number of fused-ring (bicyclic) bond motifs is 1. The predicted molar refractivity (Wildman–Crippen MR) is 108 cm³/mol. The van der Waals surface area contributed by atoms with Gasteiger partial charge in [-0.05, 0) is 27.0 Å². The van der Waals surface area contributed by atoms with Crippen LogP contribution in [0.1, 0.15) is 36.9 Å². The number of thioether (sulfide) groups is 2. The lowest BCUT2D eigenvalue weighted by atomic mass is 10.2. The molecule has 0 amide bonds. The average Bonchev–Trinajstić information content (AvgIpc) is 2.98. The molecule has 0 N–H and O–H groups in total. The van der Waals surface area contributed by atoms with Crippen LogP contribution in [0.2, 0.25) is 0 Å². The molecule has 0 aliphatic carbocycles. The van der Waals surface area contributed by atoms with Crippen molar-refractivity contribution in [2.24, 2.45) is 0 Å². The van der Waals surface area contributed by atoms with E-state index in [9.17, 15) is 9.59 Å². The third-order valence-electron chi connectivity index (χ3n) is 3.19. The van der Waals surface area contributed by atoms with Crippen molar-refractivity contribution in [3.8, 4) is 5.88 Å². The van der Waals surface area contributed by atoms with Gasteiger partial charge in [0.05, 0.1) is 26.0 Å². The molecule has 0 aliphatic rings. The summed E-state index contributed by atoms with van der Waals surface area (Å²) in [4.78, 5) is 34.5. The van der Waals surface area contributed by atoms with Crippen LogP contribution in [0.15, 0.2) is 10.1 Å². The van der Waals surface area contributed by atoms with Crippen molar-refractivity contribution in [1.29, 1.82) is 0 Å². The van der Waals surface area contributed by atoms with Crippen LogP contribution in [0.3, 0.4) is 0 Å². The molecule has 0 unspecified atom stereocenters. The number of hydrogen-bond acceptors (Lipinski definition) is 10. The Labute approximate surface area is 170 Å². The van der Waals surface area contributed by atoms with Crippen LogP contribution >= 0.6 is 34.9 Å².